The van der Waals surface area contributed by atoms with E-state index in [9.17, 15) is 0 Å². The van der Waals surface area contributed by atoms with Gasteiger partial charge in [-0.05, 0) is 100 Å². The molecule has 4 heterocycles. The molecule has 0 aliphatic heterocycles. The summed E-state index contributed by atoms with van der Waals surface area (Å²) in [6.45, 7) is 0. The highest BCUT2D eigenvalue weighted by atomic mass is 15.2. The molecule has 0 fully saturated rings. The van der Waals surface area contributed by atoms with Gasteiger partial charge in [-0.3, -0.25) is 0 Å². The minimum absolute atomic E-state index is 1.12. The number of rotatable bonds is 6. The van der Waals surface area contributed by atoms with E-state index < -0.39 is 0 Å². The molecule has 0 saturated heterocycles. The first kappa shape index (κ1) is 35.6. The van der Waals surface area contributed by atoms with Crippen LogP contribution in [0.15, 0.2) is 231 Å². The SMILES string of the molecule is c1ccc(N(c2ccccc2)c2cc3ccccc3c3c4cccc5c6cc7c(cc6n(c23)c54)c2cc3ccccc3c3c4cccc(N(c5ccccc5)c5ccccc5)c4n7c23)cc1. The Morgan fingerprint density at radius 1 is 0.242 bits per heavy atom. The van der Waals surface area contributed by atoms with Gasteiger partial charge in [-0.1, -0.05) is 152 Å². The largest absolute Gasteiger partial charge is 0.308 e. The highest BCUT2D eigenvalue weighted by Gasteiger charge is 2.29. The summed E-state index contributed by atoms with van der Waals surface area (Å²) in [7, 11) is 0. The lowest BCUT2D eigenvalue weighted by Gasteiger charge is -2.27. The predicted octanol–water partition coefficient (Wildman–Crippen LogP) is 17.2. The molecular formula is C62H38N4. The van der Waals surface area contributed by atoms with Crippen molar-refractivity contribution in [1.82, 2.24) is 8.80 Å². The number of nitrogens with zero attached hydrogens (tertiary/aromatic N) is 4. The Labute approximate surface area is 379 Å². The molecule has 306 valence electrons. The maximum Gasteiger partial charge on any atom is 0.0789 e. The van der Waals surface area contributed by atoms with Crippen LogP contribution < -0.4 is 9.80 Å². The molecule has 0 aliphatic carbocycles. The molecule has 15 rings (SSSR count). The molecule has 0 aliphatic rings. The van der Waals surface area contributed by atoms with Crippen molar-refractivity contribution in [2.24, 2.45) is 0 Å². The molecule has 0 N–H and O–H groups in total. The van der Waals surface area contributed by atoms with Crippen molar-refractivity contribution in [3.05, 3.63) is 231 Å². The second-order valence-electron chi connectivity index (χ2n) is 17.7. The van der Waals surface area contributed by atoms with Crippen LogP contribution in [0.3, 0.4) is 0 Å². The first-order valence-electron chi connectivity index (χ1n) is 22.8. The molecule has 11 aromatic carbocycles. The molecule has 0 bridgehead atoms. The van der Waals surface area contributed by atoms with Crippen LogP contribution in [0.5, 0.6) is 0 Å². The summed E-state index contributed by atoms with van der Waals surface area (Å²) >= 11 is 0. The molecule has 4 aromatic heterocycles. The van der Waals surface area contributed by atoms with E-state index in [1.54, 1.807) is 0 Å². The maximum atomic E-state index is 2.60. The van der Waals surface area contributed by atoms with E-state index >= 15 is 0 Å². The van der Waals surface area contributed by atoms with Gasteiger partial charge in [0.15, 0.2) is 0 Å². The summed E-state index contributed by atoms with van der Waals surface area (Å²) in [5, 5.41) is 15.1. The summed E-state index contributed by atoms with van der Waals surface area (Å²) in [6.07, 6.45) is 0. The fourth-order valence-electron chi connectivity index (χ4n) is 11.6. The van der Waals surface area contributed by atoms with Gasteiger partial charge in [0.25, 0.3) is 0 Å². The zero-order valence-electron chi connectivity index (χ0n) is 35.7. The van der Waals surface area contributed by atoms with Crippen molar-refractivity contribution in [3.63, 3.8) is 0 Å². The van der Waals surface area contributed by atoms with Gasteiger partial charge in [-0.15, -0.1) is 0 Å². The first-order chi connectivity index (χ1) is 32.8. The van der Waals surface area contributed by atoms with E-state index in [4.69, 9.17) is 0 Å². The lowest BCUT2D eigenvalue weighted by Crippen LogP contribution is -2.11. The summed E-state index contributed by atoms with van der Waals surface area (Å²) in [5.74, 6) is 0. The average Bonchev–Trinajstić information content (AvgIpc) is 4.11. The smallest absolute Gasteiger partial charge is 0.0789 e. The molecule has 0 radical (unpaired) electrons. The Hall–Kier alpha value is -8.86. The van der Waals surface area contributed by atoms with Crippen LogP contribution in [-0.2, 0) is 0 Å². The van der Waals surface area contributed by atoms with Crippen molar-refractivity contribution in [3.8, 4) is 0 Å². The van der Waals surface area contributed by atoms with Gasteiger partial charge in [0.05, 0.1) is 44.5 Å². The van der Waals surface area contributed by atoms with Crippen LogP contribution in [0.2, 0.25) is 0 Å². The van der Waals surface area contributed by atoms with Gasteiger partial charge in [-0.25, -0.2) is 0 Å². The van der Waals surface area contributed by atoms with Gasteiger partial charge in [0, 0.05) is 65.8 Å². The number of fused-ring (bicyclic) bond motifs is 16. The third kappa shape index (κ3) is 4.72. The quantitative estimate of drug-likeness (QED) is 0.166. The third-order valence-electron chi connectivity index (χ3n) is 14.2. The molecule has 15 aromatic rings. The lowest BCUT2D eigenvalue weighted by atomic mass is 9.98. The minimum atomic E-state index is 1.12. The number of benzene rings is 11. The van der Waals surface area contributed by atoms with Crippen molar-refractivity contribution in [2.45, 2.75) is 0 Å². The fourth-order valence-corrected chi connectivity index (χ4v) is 11.6. The standard InChI is InChI=1S/C62H38N4/c1-5-21-41(22-6-1)63(42-23-7-2-8-24-42)53-34-18-33-49-57-45-29-15-13-19-39(45)35-52-51-38-54-50(37-55(51)66(60(49)53)61(52)57)47-31-17-32-48-58-46-30-16-14-20-40(46)36-56(62(58)65(54)59(47)48)64(43-25-9-3-10-26-43)44-27-11-4-12-28-44/h1-38H. The summed E-state index contributed by atoms with van der Waals surface area (Å²) in [5.41, 5.74) is 14.1. The second-order valence-corrected chi connectivity index (χ2v) is 17.7. The number of para-hydroxylation sites is 6. The lowest BCUT2D eigenvalue weighted by molar-refractivity contribution is 1.27. The van der Waals surface area contributed by atoms with E-state index in [0.29, 0.717) is 0 Å². The first-order valence-corrected chi connectivity index (χ1v) is 22.8. The van der Waals surface area contributed by atoms with Crippen LogP contribution in [0, 0.1) is 0 Å². The van der Waals surface area contributed by atoms with Gasteiger partial charge in [-0.2, -0.15) is 0 Å². The van der Waals surface area contributed by atoms with Crippen LogP contribution in [0.4, 0.5) is 34.1 Å². The molecule has 0 spiro atoms. The Bertz CT molecular complexity index is 4300. The van der Waals surface area contributed by atoms with E-state index in [1.165, 1.54) is 97.7 Å². The van der Waals surface area contributed by atoms with Crippen LogP contribution in [0.25, 0.3) is 97.7 Å². The van der Waals surface area contributed by atoms with Crippen LogP contribution >= 0.6 is 0 Å². The molecule has 0 saturated carbocycles. The summed E-state index contributed by atoms with van der Waals surface area (Å²) in [4.78, 5) is 4.87. The zero-order chi connectivity index (χ0) is 43.0. The molecule has 4 heteroatoms. The number of hydrogen-bond donors (Lipinski definition) is 0. The van der Waals surface area contributed by atoms with Crippen LogP contribution in [0.1, 0.15) is 0 Å². The van der Waals surface area contributed by atoms with E-state index in [-0.39, 0.29) is 0 Å². The number of anilines is 6. The van der Waals surface area contributed by atoms with Crippen molar-refractivity contribution >= 4 is 132 Å². The highest BCUT2D eigenvalue weighted by molar-refractivity contribution is 6.36. The fraction of sp³-hybridized carbons (Fsp3) is 0. The number of hydrogen-bond acceptors (Lipinski definition) is 2. The molecule has 0 unspecified atom stereocenters. The average molecular weight is 839 g/mol. The molecule has 0 amide bonds. The van der Waals surface area contributed by atoms with Gasteiger partial charge < -0.3 is 18.6 Å². The monoisotopic (exact) mass is 838 g/mol. The Kier molecular flexibility index (Phi) is 7.19. The molecule has 4 nitrogen and oxygen atoms in total. The summed E-state index contributed by atoms with van der Waals surface area (Å²) < 4.78 is 5.19. The van der Waals surface area contributed by atoms with E-state index in [0.717, 1.165) is 34.1 Å². The third-order valence-corrected chi connectivity index (χ3v) is 14.2. The van der Waals surface area contributed by atoms with Gasteiger partial charge in [0.1, 0.15) is 0 Å². The van der Waals surface area contributed by atoms with Crippen molar-refractivity contribution < 1.29 is 0 Å². The topological polar surface area (TPSA) is 15.3 Å². The second kappa shape index (κ2) is 13.3. The van der Waals surface area contributed by atoms with Gasteiger partial charge >= 0.3 is 0 Å². The maximum absolute atomic E-state index is 2.60. The highest BCUT2D eigenvalue weighted by Crippen LogP contribution is 2.52. The molecular weight excluding hydrogens is 801 g/mol. The number of aromatic nitrogens is 2. The minimum Gasteiger partial charge on any atom is -0.308 e. The molecule has 0 atom stereocenters. The van der Waals surface area contributed by atoms with E-state index in [2.05, 4.69) is 249 Å². The normalized spacial score (nSPS) is 12.2. The zero-order valence-corrected chi connectivity index (χ0v) is 35.7. The Morgan fingerprint density at radius 2 is 0.652 bits per heavy atom. The van der Waals surface area contributed by atoms with Crippen molar-refractivity contribution in [1.29, 1.82) is 0 Å². The van der Waals surface area contributed by atoms with E-state index in [1.807, 2.05) is 0 Å². The Balaban J connectivity index is 1.13. The predicted molar refractivity (Wildman–Crippen MR) is 280 cm³/mol. The molecule has 66 heavy (non-hydrogen) atoms. The summed E-state index contributed by atoms with van der Waals surface area (Å²) in [6, 6.07) is 84.8. The Morgan fingerprint density at radius 3 is 1.23 bits per heavy atom. The van der Waals surface area contributed by atoms with Gasteiger partial charge in [0.2, 0.25) is 0 Å². The van der Waals surface area contributed by atoms with Crippen LogP contribution in [-0.4, -0.2) is 8.80 Å². The van der Waals surface area contributed by atoms with Crippen molar-refractivity contribution in [2.75, 3.05) is 9.80 Å².